The molecule has 0 aliphatic heterocycles. The molecule has 0 radical (unpaired) electrons. The van der Waals surface area contributed by atoms with E-state index in [0.29, 0.717) is 0 Å². The van der Waals surface area contributed by atoms with Crippen LogP contribution in [0.25, 0.3) is 11.1 Å². The molecule has 0 N–H and O–H groups in total. The second kappa shape index (κ2) is 8.63. The molecule has 0 aromatic heterocycles. The molecule has 0 spiro atoms. The van der Waals surface area contributed by atoms with Gasteiger partial charge in [-0.2, -0.15) is 0 Å². The average Bonchev–Trinajstić information content (AvgIpc) is 2.49. The lowest BCUT2D eigenvalue weighted by Gasteiger charge is -2.05. The fourth-order valence-electron chi connectivity index (χ4n) is 2.28. The summed E-state index contributed by atoms with van der Waals surface area (Å²) in [5, 5.41) is 1.13. The van der Waals surface area contributed by atoms with Crippen molar-refractivity contribution in [1.29, 1.82) is 0 Å². The fourth-order valence-corrected chi connectivity index (χ4v) is 2.94. The van der Waals surface area contributed by atoms with E-state index in [1.54, 1.807) is 0 Å². The zero-order valence-electron chi connectivity index (χ0n) is 11.6. The van der Waals surface area contributed by atoms with Gasteiger partial charge in [0.1, 0.15) is 0 Å². The normalized spacial score (nSPS) is 10.7. The van der Waals surface area contributed by atoms with Crippen LogP contribution in [-0.4, -0.2) is 5.33 Å². The highest BCUT2D eigenvalue weighted by atomic mass is 79.9. The van der Waals surface area contributed by atoms with Crippen LogP contribution in [-0.2, 0) is 6.42 Å². The van der Waals surface area contributed by atoms with Crippen LogP contribution in [0.5, 0.6) is 0 Å². The molecule has 2 aromatic carbocycles. The summed E-state index contributed by atoms with van der Waals surface area (Å²) in [4.78, 5) is 0. The standard InChI is InChI=1S/C18H20Br2/c19-14-4-2-1-3-5-15-6-8-16(9-7-15)17-10-12-18(20)13-11-17/h6-13H,1-5,14H2. The Bertz CT molecular complexity index is 500. The predicted molar refractivity (Wildman–Crippen MR) is 95.5 cm³/mol. The quantitative estimate of drug-likeness (QED) is 0.365. The van der Waals surface area contributed by atoms with Crippen molar-refractivity contribution in [3.8, 4) is 11.1 Å². The van der Waals surface area contributed by atoms with E-state index in [2.05, 4.69) is 80.4 Å². The van der Waals surface area contributed by atoms with Crippen LogP contribution in [0.2, 0.25) is 0 Å². The lowest BCUT2D eigenvalue weighted by atomic mass is 10.0. The van der Waals surface area contributed by atoms with Crippen molar-refractivity contribution in [2.24, 2.45) is 0 Å². The van der Waals surface area contributed by atoms with Gasteiger partial charge in [-0.25, -0.2) is 0 Å². The number of hydrogen-bond donors (Lipinski definition) is 0. The average molecular weight is 396 g/mol. The van der Waals surface area contributed by atoms with Gasteiger partial charge >= 0.3 is 0 Å². The third-order valence-electron chi connectivity index (χ3n) is 3.48. The molecule has 0 fully saturated rings. The van der Waals surface area contributed by atoms with E-state index in [1.807, 2.05) is 0 Å². The van der Waals surface area contributed by atoms with Crippen molar-refractivity contribution in [3.05, 3.63) is 58.6 Å². The van der Waals surface area contributed by atoms with Crippen molar-refractivity contribution < 1.29 is 0 Å². The molecule has 0 atom stereocenters. The molecule has 0 nitrogen and oxygen atoms in total. The van der Waals surface area contributed by atoms with Gasteiger partial charge < -0.3 is 0 Å². The molecule has 0 saturated heterocycles. The maximum Gasteiger partial charge on any atom is 0.0175 e. The zero-order valence-corrected chi connectivity index (χ0v) is 14.8. The van der Waals surface area contributed by atoms with Crippen LogP contribution >= 0.6 is 31.9 Å². The Kier molecular flexibility index (Phi) is 6.81. The molecule has 0 unspecified atom stereocenters. The van der Waals surface area contributed by atoms with Crippen LogP contribution in [0, 0.1) is 0 Å². The van der Waals surface area contributed by atoms with Crippen LogP contribution in [0.15, 0.2) is 53.0 Å². The van der Waals surface area contributed by atoms with Crippen molar-refractivity contribution in [3.63, 3.8) is 0 Å². The molecule has 20 heavy (non-hydrogen) atoms. The Morgan fingerprint density at radius 1 is 0.650 bits per heavy atom. The van der Waals surface area contributed by atoms with E-state index in [9.17, 15) is 0 Å². The van der Waals surface area contributed by atoms with Gasteiger partial charge in [0, 0.05) is 9.80 Å². The minimum atomic E-state index is 1.13. The highest BCUT2D eigenvalue weighted by molar-refractivity contribution is 9.10. The maximum absolute atomic E-state index is 3.48. The molecule has 106 valence electrons. The molecule has 0 saturated carbocycles. The minimum Gasteiger partial charge on any atom is -0.0928 e. The third-order valence-corrected chi connectivity index (χ3v) is 4.57. The van der Waals surface area contributed by atoms with Crippen LogP contribution in [0.1, 0.15) is 31.2 Å². The number of alkyl halides is 1. The van der Waals surface area contributed by atoms with Gasteiger partial charge in [0.05, 0.1) is 0 Å². The number of halogens is 2. The molecule has 2 rings (SSSR count). The monoisotopic (exact) mass is 394 g/mol. The summed E-state index contributed by atoms with van der Waals surface area (Å²) in [6.45, 7) is 0. The Balaban J connectivity index is 1.88. The Morgan fingerprint density at radius 2 is 1.20 bits per heavy atom. The summed E-state index contributed by atoms with van der Waals surface area (Å²) in [7, 11) is 0. The highest BCUT2D eigenvalue weighted by Crippen LogP contribution is 2.22. The van der Waals surface area contributed by atoms with Gasteiger partial charge in [-0.05, 0) is 48.1 Å². The summed E-state index contributed by atoms with van der Waals surface area (Å²) in [5.41, 5.74) is 4.02. The topological polar surface area (TPSA) is 0 Å². The minimum absolute atomic E-state index is 1.13. The third kappa shape index (κ3) is 5.06. The van der Waals surface area contributed by atoms with Gasteiger partial charge in [0.15, 0.2) is 0 Å². The van der Waals surface area contributed by atoms with Gasteiger partial charge in [-0.1, -0.05) is 81.1 Å². The first-order valence-electron chi connectivity index (χ1n) is 7.20. The van der Waals surface area contributed by atoms with Crippen molar-refractivity contribution in [1.82, 2.24) is 0 Å². The number of hydrogen-bond acceptors (Lipinski definition) is 0. The van der Waals surface area contributed by atoms with Crippen LogP contribution in [0.4, 0.5) is 0 Å². The second-order valence-corrected chi connectivity index (χ2v) is 6.77. The van der Waals surface area contributed by atoms with Crippen molar-refractivity contribution in [2.45, 2.75) is 32.1 Å². The SMILES string of the molecule is BrCCCCCCc1ccc(-c2ccc(Br)cc2)cc1. The fraction of sp³-hybridized carbons (Fsp3) is 0.333. The molecule has 0 aliphatic carbocycles. The smallest absolute Gasteiger partial charge is 0.0175 e. The first-order chi connectivity index (χ1) is 9.79. The van der Waals surface area contributed by atoms with Gasteiger partial charge in [-0.15, -0.1) is 0 Å². The zero-order chi connectivity index (χ0) is 14.2. The molecule has 0 heterocycles. The largest absolute Gasteiger partial charge is 0.0928 e. The Hall–Kier alpha value is -0.600. The van der Waals surface area contributed by atoms with Crippen molar-refractivity contribution in [2.75, 3.05) is 5.33 Å². The van der Waals surface area contributed by atoms with Gasteiger partial charge in [0.25, 0.3) is 0 Å². The maximum atomic E-state index is 3.48. The summed E-state index contributed by atoms with van der Waals surface area (Å²) in [6.07, 6.45) is 6.46. The highest BCUT2D eigenvalue weighted by Gasteiger charge is 1.99. The summed E-state index contributed by atoms with van der Waals surface area (Å²) < 4.78 is 1.13. The van der Waals surface area contributed by atoms with E-state index in [1.165, 1.54) is 48.8 Å². The van der Waals surface area contributed by atoms with E-state index >= 15 is 0 Å². The van der Waals surface area contributed by atoms with Crippen LogP contribution < -0.4 is 0 Å². The molecule has 2 aromatic rings. The lowest BCUT2D eigenvalue weighted by Crippen LogP contribution is -1.87. The van der Waals surface area contributed by atoms with E-state index in [-0.39, 0.29) is 0 Å². The van der Waals surface area contributed by atoms with Gasteiger partial charge in [-0.3, -0.25) is 0 Å². The molecule has 2 heteroatoms. The van der Waals surface area contributed by atoms with Crippen LogP contribution in [0.3, 0.4) is 0 Å². The Morgan fingerprint density at radius 3 is 1.80 bits per heavy atom. The molecule has 0 bridgehead atoms. The number of unbranched alkanes of at least 4 members (excludes halogenated alkanes) is 3. The second-order valence-electron chi connectivity index (χ2n) is 5.06. The van der Waals surface area contributed by atoms with E-state index in [0.717, 1.165) is 9.80 Å². The van der Waals surface area contributed by atoms with E-state index in [4.69, 9.17) is 0 Å². The number of benzene rings is 2. The summed E-state index contributed by atoms with van der Waals surface area (Å²) in [6, 6.07) is 17.5. The number of rotatable bonds is 7. The summed E-state index contributed by atoms with van der Waals surface area (Å²) >= 11 is 6.95. The van der Waals surface area contributed by atoms with Gasteiger partial charge in [0.2, 0.25) is 0 Å². The molecule has 0 amide bonds. The number of aryl methyl sites for hydroxylation is 1. The van der Waals surface area contributed by atoms with E-state index < -0.39 is 0 Å². The lowest BCUT2D eigenvalue weighted by molar-refractivity contribution is 0.671. The molecular formula is C18H20Br2. The molecule has 0 aliphatic rings. The predicted octanol–water partition coefficient (Wildman–Crippen LogP) is 6.61. The van der Waals surface area contributed by atoms with Crippen molar-refractivity contribution >= 4 is 31.9 Å². The molecular weight excluding hydrogens is 376 g/mol. The summed E-state index contributed by atoms with van der Waals surface area (Å²) in [5.74, 6) is 0. The Labute approximate surface area is 138 Å². The first-order valence-corrected chi connectivity index (χ1v) is 9.12. The first kappa shape index (κ1) is 15.8.